The van der Waals surface area contributed by atoms with E-state index in [0.717, 1.165) is 6.54 Å². The van der Waals surface area contributed by atoms with Crippen LogP contribution < -0.4 is 5.32 Å². The van der Waals surface area contributed by atoms with Gasteiger partial charge in [0.05, 0.1) is 0 Å². The largest absolute Gasteiger partial charge is 0.396 e. The molecule has 0 aromatic heterocycles. The van der Waals surface area contributed by atoms with E-state index < -0.39 is 0 Å². The van der Waals surface area contributed by atoms with Crippen LogP contribution in [0.1, 0.15) is 45.4 Å². The van der Waals surface area contributed by atoms with Gasteiger partial charge in [-0.1, -0.05) is 32.6 Å². The molecule has 0 heterocycles. The van der Waals surface area contributed by atoms with Crippen molar-refractivity contribution >= 4 is 0 Å². The average molecular weight is 185 g/mol. The lowest BCUT2D eigenvalue weighted by Gasteiger charge is -2.28. The zero-order chi connectivity index (χ0) is 9.52. The van der Waals surface area contributed by atoms with E-state index in [0.29, 0.717) is 18.6 Å². The van der Waals surface area contributed by atoms with E-state index in [1.54, 1.807) is 0 Å². The Bertz CT molecular complexity index is 127. The van der Waals surface area contributed by atoms with Crippen LogP contribution in [0, 0.1) is 5.92 Å². The Hall–Kier alpha value is -0.0800. The summed E-state index contributed by atoms with van der Waals surface area (Å²) in [5.74, 6) is 0.500. The van der Waals surface area contributed by atoms with Crippen molar-refractivity contribution in [2.75, 3.05) is 13.2 Å². The molecule has 2 atom stereocenters. The molecule has 2 N–H and O–H groups in total. The summed E-state index contributed by atoms with van der Waals surface area (Å²) in [6.45, 7) is 3.53. The van der Waals surface area contributed by atoms with Gasteiger partial charge in [-0.2, -0.15) is 0 Å². The lowest BCUT2D eigenvalue weighted by Crippen LogP contribution is -2.38. The van der Waals surface area contributed by atoms with Gasteiger partial charge in [-0.3, -0.25) is 0 Å². The smallest absolute Gasteiger partial charge is 0.0474 e. The third kappa shape index (κ3) is 3.65. The van der Waals surface area contributed by atoms with Crippen molar-refractivity contribution in [3.05, 3.63) is 0 Å². The topological polar surface area (TPSA) is 32.3 Å². The molecule has 0 amide bonds. The molecule has 78 valence electrons. The summed E-state index contributed by atoms with van der Waals surface area (Å²) in [6.07, 6.45) is 7.81. The minimum Gasteiger partial charge on any atom is -0.396 e. The maximum absolute atomic E-state index is 9.26. The van der Waals surface area contributed by atoms with E-state index in [4.69, 9.17) is 0 Å². The molecular weight excluding hydrogens is 162 g/mol. The first-order valence-corrected chi connectivity index (χ1v) is 5.72. The Morgan fingerprint density at radius 2 is 1.85 bits per heavy atom. The van der Waals surface area contributed by atoms with Gasteiger partial charge in [-0.05, 0) is 25.3 Å². The molecule has 0 aliphatic heterocycles. The van der Waals surface area contributed by atoms with Crippen molar-refractivity contribution in [2.45, 2.75) is 51.5 Å². The van der Waals surface area contributed by atoms with Gasteiger partial charge in [0, 0.05) is 12.6 Å². The molecule has 1 saturated carbocycles. The maximum Gasteiger partial charge on any atom is 0.0474 e. The standard InChI is InChI=1S/C11H23NO/c1-2-12-11-8-6-4-3-5-7-10(11)9-13/h10-13H,2-9H2,1H3. The third-order valence-electron chi connectivity index (χ3n) is 3.11. The summed E-state index contributed by atoms with van der Waals surface area (Å²) < 4.78 is 0. The second-order valence-corrected chi connectivity index (χ2v) is 4.10. The van der Waals surface area contributed by atoms with E-state index >= 15 is 0 Å². The number of aliphatic hydroxyl groups excluding tert-OH is 1. The van der Waals surface area contributed by atoms with Crippen molar-refractivity contribution in [3.8, 4) is 0 Å². The van der Waals surface area contributed by atoms with Gasteiger partial charge in [-0.25, -0.2) is 0 Å². The molecule has 0 aromatic rings. The first kappa shape index (κ1) is 11.0. The van der Waals surface area contributed by atoms with Crippen LogP contribution in [0.5, 0.6) is 0 Å². The first-order valence-electron chi connectivity index (χ1n) is 5.72. The average Bonchev–Trinajstić information content (AvgIpc) is 2.10. The number of rotatable bonds is 3. The lowest BCUT2D eigenvalue weighted by molar-refractivity contribution is 0.166. The van der Waals surface area contributed by atoms with Gasteiger partial charge in [0.1, 0.15) is 0 Å². The molecule has 0 aromatic carbocycles. The van der Waals surface area contributed by atoms with Crippen LogP contribution in [0.2, 0.25) is 0 Å². The van der Waals surface area contributed by atoms with E-state index in [9.17, 15) is 5.11 Å². The van der Waals surface area contributed by atoms with Crippen LogP contribution in [-0.4, -0.2) is 24.3 Å². The predicted molar refractivity (Wildman–Crippen MR) is 55.7 cm³/mol. The summed E-state index contributed by atoms with van der Waals surface area (Å²) in [7, 11) is 0. The fraction of sp³-hybridized carbons (Fsp3) is 1.00. The SMILES string of the molecule is CCNC1CCCCCCC1CO. The quantitative estimate of drug-likeness (QED) is 0.704. The Kier molecular flexibility index (Phi) is 5.40. The summed E-state index contributed by atoms with van der Waals surface area (Å²) in [5.41, 5.74) is 0. The van der Waals surface area contributed by atoms with Gasteiger partial charge in [-0.15, -0.1) is 0 Å². The maximum atomic E-state index is 9.26. The first-order chi connectivity index (χ1) is 6.38. The van der Waals surface area contributed by atoms with E-state index in [1.807, 2.05) is 0 Å². The Balaban J connectivity index is 2.40. The molecule has 0 bridgehead atoms. The van der Waals surface area contributed by atoms with E-state index in [2.05, 4.69) is 12.2 Å². The minimum absolute atomic E-state index is 0.359. The van der Waals surface area contributed by atoms with Crippen molar-refractivity contribution in [3.63, 3.8) is 0 Å². The lowest BCUT2D eigenvalue weighted by atomic mass is 9.87. The van der Waals surface area contributed by atoms with Crippen LogP contribution >= 0.6 is 0 Å². The Morgan fingerprint density at radius 3 is 2.46 bits per heavy atom. The van der Waals surface area contributed by atoms with Crippen molar-refractivity contribution in [1.29, 1.82) is 0 Å². The molecule has 0 saturated heterocycles. The Labute approximate surface area is 81.7 Å². The zero-order valence-corrected chi connectivity index (χ0v) is 8.76. The van der Waals surface area contributed by atoms with E-state index in [1.165, 1.54) is 38.5 Å². The van der Waals surface area contributed by atoms with Gasteiger partial charge in [0.25, 0.3) is 0 Å². The molecule has 1 aliphatic carbocycles. The molecule has 2 heteroatoms. The fourth-order valence-corrected chi connectivity index (χ4v) is 2.31. The molecule has 0 spiro atoms. The monoisotopic (exact) mass is 185 g/mol. The highest BCUT2D eigenvalue weighted by Gasteiger charge is 2.20. The summed E-state index contributed by atoms with van der Waals surface area (Å²) >= 11 is 0. The number of nitrogens with one attached hydrogen (secondary N) is 1. The predicted octanol–water partition coefficient (Wildman–Crippen LogP) is 1.93. The fourth-order valence-electron chi connectivity index (χ4n) is 2.31. The Morgan fingerprint density at radius 1 is 1.15 bits per heavy atom. The molecule has 2 nitrogen and oxygen atoms in total. The molecule has 1 fully saturated rings. The molecule has 0 radical (unpaired) electrons. The van der Waals surface area contributed by atoms with Crippen LogP contribution in [0.15, 0.2) is 0 Å². The molecular formula is C11H23NO. The van der Waals surface area contributed by atoms with E-state index in [-0.39, 0.29) is 0 Å². The number of hydrogen-bond donors (Lipinski definition) is 2. The molecule has 13 heavy (non-hydrogen) atoms. The molecule has 1 aliphatic rings. The van der Waals surface area contributed by atoms with Gasteiger partial charge < -0.3 is 10.4 Å². The van der Waals surface area contributed by atoms with Crippen molar-refractivity contribution < 1.29 is 5.11 Å². The molecule has 1 rings (SSSR count). The number of aliphatic hydroxyl groups is 1. The second-order valence-electron chi connectivity index (χ2n) is 4.10. The van der Waals surface area contributed by atoms with Crippen molar-refractivity contribution in [1.82, 2.24) is 5.32 Å². The van der Waals surface area contributed by atoms with Crippen LogP contribution in [0.3, 0.4) is 0 Å². The highest BCUT2D eigenvalue weighted by molar-refractivity contribution is 4.77. The highest BCUT2D eigenvalue weighted by Crippen LogP contribution is 2.22. The van der Waals surface area contributed by atoms with Gasteiger partial charge >= 0.3 is 0 Å². The minimum atomic E-state index is 0.359. The number of hydrogen-bond acceptors (Lipinski definition) is 2. The van der Waals surface area contributed by atoms with Crippen LogP contribution in [0.25, 0.3) is 0 Å². The third-order valence-corrected chi connectivity index (χ3v) is 3.11. The zero-order valence-electron chi connectivity index (χ0n) is 8.76. The highest BCUT2D eigenvalue weighted by atomic mass is 16.3. The summed E-state index contributed by atoms with van der Waals surface area (Å²) in [6, 6.07) is 0.565. The summed E-state index contributed by atoms with van der Waals surface area (Å²) in [4.78, 5) is 0. The normalized spacial score (nSPS) is 30.9. The molecule has 2 unspecified atom stereocenters. The second kappa shape index (κ2) is 6.39. The van der Waals surface area contributed by atoms with Crippen LogP contribution in [0.4, 0.5) is 0 Å². The van der Waals surface area contributed by atoms with Gasteiger partial charge in [0.2, 0.25) is 0 Å². The van der Waals surface area contributed by atoms with Crippen LogP contribution in [-0.2, 0) is 0 Å². The summed E-state index contributed by atoms with van der Waals surface area (Å²) in [5, 5.41) is 12.8. The van der Waals surface area contributed by atoms with Crippen molar-refractivity contribution in [2.24, 2.45) is 5.92 Å². The van der Waals surface area contributed by atoms with Gasteiger partial charge in [0.15, 0.2) is 0 Å².